The van der Waals surface area contributed by atoms with Crippen LogP contribution < -0.4 is 5.32 Å². The van der Waals surface area contributed by atoms with E-state index in [1.807, 2.05) is 24.3 Å². The van der Waals surface area contributed by atoms with Crippen LogP contribution in [0.15, 0.2) is 46.3 Å². The van der Waals surface area contributed by atoms with E-state index < -0.39 is 22.2 Å². The fourth-order valence-electron chi connectivity index (χ4n) is 3.29. The van der Waals surface area contributed by atoms with Crippen LogP contribution in [0.3, 0.4) is 0 Å². The molecule has 214 valence electrons. The highest BCUT2D eigenvalue weighted by molar-refractivity contribution is 7.89. The number of alkyl halides is 3. The Morgan fingerprint density at radius 1 is 1.10 bits per heavy atom. The van der Waals surface area contributed by atoms with Crippen LogP contribution in [0.2, 0.25) is 10.0 Å². The van der Waals surface area contributed by atoms with Crippen molar-refractivity contribution in [3.05, 3.63) is 63.1 Å². The molecule has 0 fully saturated rings. The minimum atomic E-state index is -5.08. The Morgan fingerprint density at radius 3 is 2.21 bits per heavy atom. The summed E-state index contributed by atoms with van der Waals surface area (Å²) in [5, 5.41) is 10.8. The highest BCUT2D eigenvalue weighted by Crippen LogP contribution is 2.31. The van der Waals surface area contributed by atoms with Crippen LogP contribution >= 0.6 is 23.2 Å². The smallest absolute Gasteiger partial charge is 0.475 e. The predicted molar refractivity (Wildman–Crippen MR) is 142 cm³/mol. The van der Waals surface area contributed by atoms with E-state index in [1.54, 1.807) is 18.9 Å². The summed E-state index contributed by atoms with van der Waals surface area (Å²) in [6.07, 6.45) is -5.03. The third kappa shape index (κ3) is 8.82. The number of aliphatic imine (C=N–C) groups is 1. The number of hydrogen-bond acceptors (Lipinski definition) is 6. The minimum absolute atomic E-state index is 0.0224. The van der Waals surface area contributed by atoms with Gasteiger partial charge in [-0.15, -0.1) is 0 Å². The molecule has 39 heavy (non-hydrogen) atoms. The van der Waals surface area contributed by atoms with E-state index >= 15 is 0 Å². The van der Waals surface area contributed by atoms with Gasteiger partial charge in [0, 0.05) is 50.7 Å². The topological polar surface area (TPSA) is 119 Å². The van der Waals surface area contributed by atoms with E-state index in [-0.39, 0.29) is 28.8 Å². The molecule has 1 aliphatic rings. The molecule has 0 unspecified atom stereocenters. The summed E-state index contributed by atoms with van der Waals surface area (Å²) in [5.74, 6) is -2.02. The summed E-state index contributed by atoms with van der Waals surface area (Å²) < 4.78 is 58.7. The van der Waals surface area contributed by atoms with E-state index in [9.17, 15) is 26.4 Å². The number of carbonyl (C=O) groups excluding carboxylic acids is 1. The number of hydrogen-bond donors (Lipinski definition) is 2. The van der Waals surface area contributed by atoms with Gasteiger partial charge in [-0.05, 0) is 30.2 Å². The van der Waals surface area contributed by atoms with Crippen molar-refractivity contribution in [2.24, 2.45) is 4.99 Å². The highest BCUT2D eigenvalue weighted by atomic mass is 35.5. The number of amidine groups is 1. The van der Waals surface area contributed by atoms with Gasteiger partial charge in [-0.3, -0.25) is 9.79 Å². The molecule has 0 saturated heterocycles. The van der Waals surface area contributed by atoms with Crippen molar-refractivity contribution in [3.8, 4) is 0 Å². The van der Waals surface area contributed by atoms with Crippen LogP contribution in [0, 0.1) is 6.92 Å². The molecular formula is C24H27Cl2F3N4O5S. The van der Waals surface area contributed by atoms with Gasteiger partial charge in [-0.1, -0.05) is 47.5 Å². The Labute approximate surface area is 234 Å². The molecule has 0 aromatic heterocycles. The third-order valence-electron chi connectivity index (χ3n) is 5.60. The van der Waals surface area contributed by atoms with Crippen molar-refractivity contribution in [1.29, 1.82) is 0 Å². The Balaban J connectivity index is 0.000000673. The number of aliphatic carboxylic acids is 1. The van der Waals surface area contributed by atoms with Crippen molar-refractivity contribution in [2.75, 3.05) is 33.7 Å². The van der Waals surface area contributed by atoms with Crippen LogP contribution in [-0.2, 0) is 26.2 Å². The van der Waals surface area contributed by atoms with Crippen LogP contribution in [0.1, 0.15) is 23.1 Å². The maximum absolute atomic E-state index is 12.9. The Morgan fingerprint density at radius 2 is 1.69 bits per heavy atom. The molecule has 9 nitrogen and oxygen atoms in total. The van der Waals surface area contributed by atoms with Gasteiger partial charge in [0.05, 0.1) is 11.6 Å². The zero-order chi connectivity index (χ0) is 29.5. The van der Waals surface area contributed by atoms with Gasteiger partial charge in [-0.2, -0.15) is 13.2 Å². The molecule has 0 atom stereocenters. The quantitative estimate of drug-likeness (QED) is 0.467. The van der Waals surface area contributed by atoms with Gasteiger partial charge in [0.2, 0.25) is 15.9 Å². The number of halogens is 5. The average Bonchev–Trinajstić information content (AvgIpc) is 3.40. The van der Waals surface area contributed by atoms with Gasteiger partial charge in [0.25, 0.3) is 0 Å². The van der Waals surface area contributed by atoms with E-state index in [2.05, 4.69) is 10.3 Å². The van der Waals surface area contributed by atoms with Gasteiger partial charge in [0.15, 0.2) is 0 Å². The minimum Gasteiger partial charge on any atom is -0.475 e. The van der Waals surface area contributed by atoms with Crippen LogP contribution in [-0.4, -0.2) is 80.3 Å². The lowest BCUT2D eigenvalue weighted by Crippen LogP contribution is -2.33. The van der Waals surface area contributed by atoms with Crippen molar-refractivity contribution in [3.63, 3.8) is 0 Å². The van der Waals surface area contributed by atoms with E-state index in [1.165, 1.54) is 19.2 Å². The summed E-state index contributed by atoms with van der Waals surface area (Å²) in [5.41, 5.74) is 2.50. The van der Waals surface area contributed by atoms with Crippen LogP contribution in [0.4, 0.5) is 13.2 Å². The number of carbonyl (C=O) groups is 2. The number of carboxylic acid groups (broad SMARTS) is 1. The molecule has 1 heterocycles. The molecule has 0 spiro atoms. The SMILES string of the molecule is Cc1c(Cl)ccc(S(=O)(=O)N(C)CCC(=O)N(C)Cc2ccc(C3=NCCN3)cc2)c1Cl.O=C(O)C(F)(F)F. The number of rotatable bonds is 8. The first-order valence-electron chi connectivity index (χ1n) is 11.4. The van der Waals surface area contributed by atoms with E-state index in [0.29, 0.717) is 17.1 Å². The first-order valence-corrected chi connectivity index (χ1v) is 13.6. The molecular weight excluding hydrogens is 584 g/mol. The van der Waals surface area contributed by atoms with E-state index in [4.69, 9.17) is 33.1 Å². The zero-order valence-electron chi connectivity index (χ0n) is 21.2. The highest BCUT2D eigenvalue weighted by Gasteiger charge is 2.38. The lowest BCUT2D eigenvalue weighted by Gasteiger charge is -2.21. The van der Waals surface area contributed by atoms with Crippen molar-refractivity contribution >= 4 is 50.9 Å². The molecule has 2 N–H and O–H groups in total. The molecule has 0 radical (unpaired) electrons. The Bertz CT molecular complexity index is 1340. The molecule has 15 heteroatoms. The van der Waals surface area contributed by atoms with Crippen molar-refractivity contribution in [2.45, 2.75) is 31.0 Å². The molecule has 1 amide bonds. The normalized spacial score (nSPS) is 13.3. The standard InChI is InChI=1S/C22H26Cl2N4O3S.C2HF3O2/c1-15-18(23)8-9-19(21(15)24)32(30,31)28(3)13-10-20(29)27(2)14-16-4-6-17(7-5-16)22-25-11-12-26-22;3-2(4,5)1(6)7/h4-9H,10-14H2,1-3H3,(H,25,26);(H,6,7). The molecule has 0 saturated carbocycles. The molecule has 2 aromatic carbocycles. The van der Waals surface area contributed by atoms with E-state index in [0.717, 1.165) is 34.4 Å². The summed E-state index contributed by atoms with van der Waals surface area (Å²) in [6, 6.07) is 10.8. The maximum Gasteiger partial charge on any atom is 0.490 e. The average molecular weight is 611 g/mol. The third-order valence-corrected chi connectivity index (χ3v) is 8.51. The lowest BCUT2D eigenvalue weighted by atomic mass is 10.1. The summed E-state index contributed by atoms with van der Waals surface area (Å²) in [4.78, 5) is 27.4. The first kappa shape index (κ1) is 32.3. The first-order chi connectivity index (χ1) is 18.1. The van der Waals surface area contributed by atoms with Gasteiger partial charge in [-0.25, -0.2) is 17.5 Å². The molecule has 0 aliphatic carbocycles. The van der Waals surface area contributed by atoms with Crippen molar-refractivity contribution in [1.82, 2.24) is 14.5 Å². The monoisotopic (exact) mass is 610 g/mol. The van der Waals surface area contributed by atoms with Gasteiger partial charge in [0.1, 0.15) is 10.7 Å². The predicted octanol–water partition coefficient (Wildman–Crippen LogP) is 3.95. The fourth-order valence-corrected chi connectivity index (χ4v) is 5.24. The molecule has 1 aliphatic heterocycles. The fraction of sp³-hybridized carbons (Fsp3) is 0.375. The zero-order valence-corrected chi connectivity index (χ0v) is 23.5. The Hall–Kier alpha value is -2.87. The maximum atomic E-state index is 12.9. The van der Waals surface area contributed by atoms with Crippen molar-refractivity contribution < 1.29 is 36.3 Å². The number of benzene rings is 2. The van der Waals surface area contributed by atoms with Gasteiger partial charge < -0.3 is 15.3 Å². The lowest BCUT2D eigenvalue weighted by molar-refractivity contribution is -0.192. The number of amides is 1. The number of carboxylic acids is 1. The summed E-state index contributed by atoms with van der Waals surface area (Å²) in [7, 11) is -0.714. The second-order valence-electron chi connectivity index (χ2n) is 8.47. The second-order valence-corrected chi connectivity index (χ2v) is 11.3. The number of nitrogens with one attached hydrogen (secondary N) is 1. The molecule has 2 aromatic rings. The second kappa shape index (κ2) is 13.5. The number of nitrogens with zero attached hydrogens (tertiary/aromatic N) is 3. The summed E-state index contributed by atoms with van der Waals surface area (Å²) in [6.45, 7) is 3.75. The molecule has 0 bridgehead atoms. The largest absolute Gasteiger partial charge is 0.490 e. The summed E-state index contributed by atoms with van der Waals surface area (Å²) >= 11 is 12.2. The van der Waals surface area contributed by atoms with Gasteiger partial charge >= 0.3 is 12.1 Å². The molecule has 3 rings (SSSR count). The number of sulfonamides is 1. The van der Waals surface area contributed by atoms with Crippen LogP contribution in [0.25, 0.3) is 0 Å². The Kier molecular flexibility index (Phi) is 11.2. The van der Waals surface area contributed by atoms with Crippen LogP contribution in [0.5, 0.6) is 0 Å².